The van der Waals surface area contributed by atoms with Crippen LogP contribution in [0.2, 0.25) is 0 Å². The summed E-state index contributed by atoms with van der Waals surface area (Å²) >= 11 is 0. The Labute approximate surface area is 133 Å². The van der Waals surface area contributed by atoms with E-state index in [9.17, 15) is 4.79 Å². The van der Waals surface area contributed by atoms with Gasteiger partial charge < -0.3 is 14.9 Å². The van der Waals surface area contributed by atoms with Crippen LogP contribution < -0.4 is 9.80 Å². The number of piperazine rings is 1. The summed E-state index contributed by atoms with van der Waals surface area (Å²) in [6.45, 7) is 7.02. The molecule has 0 radical (unpaired) electrons. The molecule has 2 aromatic rings. The first-order chi connectivity index (χ1) is 11.0. The SMILES string of the molecule is Cc1cc(C)nc(N2CCN(c3cnc(C(=O)O)cn3)CC2)n1. The van der Waals surface area contributed by atoms with Gasteiger partial charge in [-0.3, -0.25) is 0 Å². The summed E-state index contributed by atoms with van der Waals surface area (Å²) in [5, 5.41) is 8.85. The van der Waals surface area contributed by atoms with E-state index in [1.54, 1.807) is 0 Å². The van der Waals surface area contributed by atoms with Gasteiger partial charge in [0.25, 0.3) is 0 Å². The number of carbonyl (C=O) groups is 1. The number of aryl methyl sites for hydroxylation is 2. The van der Waals surface area contributed by atoms with Gasteiger partial charge in [0.1, 0.15) is 5.82 Å². The van der Waals surface area contributed by atoms with Gasteiger partial charge in [-0.25, -0.2) is 24.7 Å². The molecule has 120 valence electrons. The van der Waals surface area contributed by atoms with Gasteiger partial charge in [0.2, 0.25) is 5.95 Å². The second-order valence-corrected chi connectivity index (χ2v) is 5.49. The van der Waals surface area contributed by atoms with E-state index < -0.39 is 5.97 Å². The number of carboxylic acid groups (broad SMARTS) is 1. The third kappa shape index (κ3) is 3.36. The predicted octanol–water partition coefficient (Wildman–Crippen LogP) is 0.908. The maximum absolute atomic E-state index is 10.8. The number of nitrogens with zero attached hydrogens (tertiary/aromatic N) is 6. The number of rotatable bonds is 3. The topological polar surface area (TPSA) is 95.3 Å². The van der Waals surface area contributed by atoms with E-state index in [4.69, 9.17) is 5.11 Å². The van der Waals surface area contributed by atoms with Crippen molar-refractivity contribution in [3.8, 4) is 0 Å². The lowest BCUT2D eigenvalue weighted by molar-refractivity contribution is 0.0690. The highest BCUT2D eigenvalue weighted by atomic mass is 16.4. The molecule has 1 saturated heterocycles. The maximum atomic E-state index is 10.8. The fourth-order valence-electron chi connectivity index (χ4n) is 2.58. The van der Waals surface area contributed by atoms with Crippen molar-refractivity contribution < 1.29 is 9.90 Å². The summed E-state index contributed by atoms with van der Waals surface area (Å²) < 4.78 is 0. The van der Waals surface area contributed by atoms with E-state index in [1.165, 1.54) is 12.4 Å². The monoisotopic (exact) mass is 314 g/mol. The van der Waals surface area contributed by atoms with Crippen LogP contribution in [0.4, 0.5) is 11.8 Å². The Morgan fingerprint density at radius 3 is 2.13 bits per heavy atom. The van der Waals surface area contributed by atoms with Gasteiger partial charge in [-0.1, -0.05) is 0 Å². The first kappa shape index (κ1) is 15.1. The van der Waals surface area contributed by atoms with Crippen molar-refractivity contribution in [1.29, 1.82) is 0 Å². The molecule has 2 aromatic heterocycles. The molecule has 0 aliphatic carbocycles. The Bertz CT molecular complexity index is 690. The van der Waals surface area contributed by atoms with E-state index in [1.807, 2.05) is 19.9 Å². The van der Waals surface area contributed by atoms with Crippen LogP contribution in [0.1, 0.15) is 21.9 Å². The van der Waals surface area contributed by atoms with Crippen LogP contribution in [0.5, 0.6) is 0 Å². The van der Waals surface area contributed by atoms with Crippen LogP contribution in [0, 0.1) is 13.8 Å². The van der Waals surface area contributed by atoms with Crippen LogP contribution in [-0.4, -0.2) is 57.2 Å². The zero-order chi connectivity index (χ0) is 16.4. The molecule has 23 heavy (non-hydrogen) atoms. The summed E-state index contributed by atoms with van der Waals surface area (Å²) in [5.74, 6) is 0.381. The van der Waals surface area contributed by atoms with E-state index in [2.05, 4.69) is 29.7 Å². The van der Waals surface area contributed by atoms with Gasteiger partial charge >= 0.3 is 5.97 Å². The molecule has 3 heterocycles. The van der Waals surface area contributed by atoms with Crippen molar-refractivity contribution in [1.82, 2.24) is 19.9 Å². The zero-order valence-corrected chi connectivity index (χ0v) is 13.1. The standard InChI is InChI=1S/C15H18N6O2/c1-10-7-11(2)19-15(18-10)21-5-3-20(4-6-21)13-9-16-12(8-17-13)14(22)23/h7-9H,3-6H2,1-2H3,(H,22,23). The summed E-state index contributed by atoms with van der Waals surface area (Å²) in [6, 6.07) is 1.96. The molecule has 0 saturated carbocycles. The van der Waals surface area contributed by atoms with Gasteiger partial charge in [0, 0.05) is 37.6 Å². The Kier molecular flexibility index (Phi) is 4.05. The van der Waals surface area contributed by atoms with Crippen LogP contribution in [0.25, 0.3) is 0 Å². The highest BCUT2D eigenvalue weighted by Crippen LogP contribution is 2.16. The third-order valence-corrected chi connectivity index (χ3v) is 3.71. The van der Waals surface area contributed by atoms with Crippen molar-refractivity contribution in [2.45, 2.75) is 13.8 Å². The average molecular weight is 314 g/mol. The van der Waals surface area contributed by atoms with Gasteiger partial charge in [-0.15, -0.1) is 0 Å². The largest absolute Gasteiger partial charge is 0.476 e. The number of hydrogen-bond donors (Lipinski definition) is 1. The Balaban J connectivity index is 1.67. The molecule has 0 aromatic carbocycles. The molecular formula is C15H18N6O2. The lowest BCUT2D eigenvalue weighted by Crippen LogP contribution is -2.47. The smallest absolute Gasteiger partial charge is 0.356 e. The molecule has 0 bridgehead atoms. The molecule has 1 N–H and O–H groups in total. The Morgan fingerprint density at radius 2 is 1.61 bits per heavy atom. The van der Waals surface area contributed by atoms with Crippen LogP contribution >= 0.6 is 0 Å². The van der Waals surface area contributed by atoms with Gasteiger partial charge in [0.05, 0.1) is 12.4 Å². The van der Waals surface area contributed by atoms with Crippen molar-refractivity contribution in [3.05, 3.63) is 35.5 Å². The normalized spacial score (nSPS) is 14.9. The number of hydrogen-bond acceptors (Lipinski definition) is 7. The molecular weight excluding hydrogens is 296 g/mol. The second-order valence-electron chi connectivity index (χ2n) is 5.49. The predicted molar refractivity (Wildman–Crippen MR) is 84.9 cm³/mol. The number of carboxylic acids is 1. The molecule has 3 rings (SSSR count). The molecule has 8 nitrogen and oxygen atoms in total. The lowest BCUT2D eigenvalue weighted by atomic mass is 10.3. The maximum Gasteiger partial charge on any atom is 0.356 e. The number of anilines is 2. The van der Waals surface area contributed by atoms with E-state index in [0.29, 0.717) is 5.82 Å². The van der Waals surface area contributed by atoms with E-state index >= 15 is 0 Å². The van der Waals surface area contributed by atoms with E-state index in [0.717, 1.165) is 43.5 Å². The molecule has 0 spiro atoms. The first-order valence-corrected chi connectivity index (χ1v) is 7.40. The lowest BCUT2D eigenvalue weighted by Gasteiger charge is -2.35. The highest BCUT2D eigenvalue weighted by molar-refractivity contribution is 5.84. The minimum atomic E-state index is -1.07. The molecule has 1 aliphatic rings. The summed E-state index contributed by atoms with van der Waals surface area (Å²) in [7, 11) is 0. The Morgan fingerprint density at radius 1 is 1.00 bits per heavy atom. The van der Waals surface area contributed by atoms with Crippen LogP contribution in [0.15, 0.2) is 18.5 Å². The number of aromatic carboxylic acids is 1. The minimum absolute atomic E-state index is 0.0454. The first-order valence-electron chi connectivity index (χ1n) is 7.40. The minimum Gasteiger partial charge on any atom is -0.476 e. The molecule has 0 unspecified atom stereocenters. The molecule has 0 atom stereocenters. The molecule has 1 aliphatic heterocycles. The summed E-state index contributed by atoms with van der Waals surface area (Å²) in [6.07, 6.45) is 2.80. The molecule has 0 amide bonds. The van der Waals surface area contributed by atoms with Crippen molar-refractivity contribution in [2.75, 3.05) is 36.0 Å². The molecule has 1 fully saturated rings. The highest BCUT2D eigenvalue weighted by Gasteiger charge is 2.20. The van der Waals surface area contributed by atoms with Gasteiger partial charge in [0.15, 0.2) is 5.69 Å². The van der Waals surface area contributed by atoms with Crippen LogP contribution in [-0.2, 0) is 0 Å². The quantitative estimate of drug-likeness (QED) is 0.893. The molecule has 8 heteroatoms. The van der Waals surface area contributed by atoms with Gasteiger partial charge in [-0.05, 0) is 19.9 Å². The number of aromatic nitrogens is 4. The Hall–Kier alpha value is -2.77. The van der Waals surface area contributed by atoms with Crippen LogP contribution in [0.3, 0.4) is 0 Å². The zero-order valence-electron chi connectivity index (χ0n) is 13.1. The fourth-order valence-corrected chi connectivity index (χ4v) is 2.58. The average Bonchev–Trinajstić information content (AvgIpc) is 2.54. The summed E-state index contributed by atoms with van der Waals surface area (Å²) in [5.41, 5.74) is 1.88. The van der Waals surface area contributed by atoms with Crippen molar-refractivity contribution in [2.24, 2.45) is 0 Å². The van der Waals surface area contributed by atoms with Crippen molar-refractivity contribution in [3.63, 3.8) is 0 Å². The summed E-state index contributed by atoms with van der Waals surface area (Å²) in [4.78, 5) is 32.1. The third-order valence-electron chi connectivity index (χ3n) is 3.71. The fraction of sp³-hybridized carbons (Fsp3) is 0.400. The van der Waals surface area contributed by atoms with E-state index in [-0.39, 0.29) is 5.69 Å². The van der Waals surface area contributed by atoms with Crippen molar-refractivity contribution >= 4 is 17.7 Å². The second kappa shape index (κ2) is 6.15. The van der Waals surface area contributed by atoms with Gasteiger partial charge in [-0.2, -0.15) is 0 Å².